The van der Waals surface area contributed by atoms with Gasteiger partial charge in [-0.1, -0.05) is 32.4 Å². The predicted molar refractivity (Wildman–Crippen MR) is 84.1 cm³/mol. The van der Waals surface area contributed by atoms with E-state index >= 15 is 0 Å². The third-order valence-corrected chi connectivity index (χ3v) is 4.27. The van der Waals surface area contributed by atoms with Crippen molar-refractivity contribution in [3.63, 3.8) is 0 Å². The van der Waals surface area contributed by atoms with Crippen molar-refractivity contribution in [2.45, 2.75) is 45.7 Å². The van der Waals surface area contributed by atoms with E-state index in [2.05, 4.69) is 31.0 Å². The fourth-order valence-electron chi connectivity index (χ4n) is 2.94. The van der Waals surface area contributed by atoms with Crippen molar-refractivity contribution in [2.24, 2.45) is 5.92 Å². The van der Waals surface area contributed by atoms with Crippen molar-refractivity contribution < 1.29 is 4.39 Å². The van der Waals surface area contributed by atoms with Crippen LogP contribution in [-0.4, -0.2) is 25.2 Å². The molecule has 0 spiro atoms. The lowest BCUT2D eigenvalue weighted by molar-refractivity contribution is 0.343. The number of nitrogens with one attached hydrogen (secondary N) is 1. The quantitative estimate of drug-likeness (QED) is 0.901. The molecule has 2 atom stereocenters. The third kappa shape index (κ3) is 3.64. The van der Waals surface area contributed by atoms with Gasteiger partial charge in [0.25, 0.3) is 0 Å². The molecular formula is C16H24ClFN2. The van der Waals surface area contributed by atoms with E-state index in [0.29, 0.717) is 18.0 Å². The second-order valence-corrected chi connectivity index (χ2v) is 6.45. The Hall–Kier alpha value is -0.800. The van der Waals surface area contributed by atoms with Crippen molar-refractivity contribution in [2.75, 3.05) is 18.0 Å². The second-order valence-electron chi connectivity index (χ2n) is 6.05. The summed E-state index contributed by atoms with van der Waals surface area (Å²) in [6, 6.07) is 6.02. The lowest BCUT2D eigenvalue weighted by atomic mass is 9.98. The molecule has 0 bridgehead atoms. The van der Waals surface area contributed by atoms with Crippen LogP contribution in [0.4, 0.5) is 10.1 Å². The van der Waals surface area contributed by atoms with E-state index in [1.807, 2.05) is 6.07 Å². The molecule has 2 unspecified atom stereocenters. The van der Waals surface area contributed by atoms with Gasteiger partial charge in [0.1, 0.15) is 5.82 Å². The number of nitrogens with zero attached hydrogens (tertiary/aromatic N) is 1. The van der Waals surface area contributed by atoms with E-state index in [1.165, 1.54) is 0 Å². The maximum atomic E-state index is 13.7. The van der Waals surface area contributed by atoms with Crippen LogP contribution in [-0.2, 0) is 0 Å². The summed E-state index contributed by atoms with van der Waals surface area (Å²) in [5.74, 6) is 0.326. The highest BCUT2D eigenvalue weighted by molar-refractivity contribution is 6.30. The molecule has 1 aromatic rings. The molecule has 1 saturated heterocycles. The van der Waals surface area contributed by atoms with E-state index in [9.17, 15) is 4.39 Å². The second kappa shape index (κ2) is 6.77. The van der Waals surface area contributed by atoms with Gasteiger partial charge in [-0.2, -0.15) is 0 Å². The molecule has 1 heterocycles. The maximum Gasteiger partial charge on any atom is 0.143 e. The van der Waals surface area contributed by atoms with Gasteiger partial charge in [-0.15, -0.1) is 0 Å². The van der Waals surface area contributed by atoms with Crippen LogP contribution in [0.3, 0.4) is 0 Å². The highest BCUT2D eigenvalue weighted by Gasteiger charge is 2.27. The Labute approximate surface area is 126 Å². The summed E-state index contributed by atoms with van der Waals surface area (Å²) in [6.45, 7) is 8.53. The number of hydrogen-bond donors (Lipinski definition) is 1. The minimum Gasteiger partial charge on any atom is -0.366 e. The number of benzene rings is 1. The fraction of sp³-hybridized carbons (Fsp3) is 0.625. The molecule has 4 heteroatoms. The van der Waals surface area contributed by atoms with Gasteiger partial charge >= 0.3 is 0 Å². The molecule has 2 nitrogen and oxygen atoms in total. The van der Waals surface area contributed by atoms with Gasteiger partial charge in [0.15, 0.2) is 0 Å². The smallest absolute Gasteiger partial charge is 0.143 e. The standard InChI is InChI=1S/C16H24ClFN2/c1-4-13-9-19-12(7-11(2)3)10-20(13)14-5-6-15(17)16(18)8-14/h5-6,8,11-13,19H,4,7,9-10H2,1-3H3. The molecule has 1 fully saturated rings. The zero-order chi connectivity index (χ0) is 14.7. The van der Waals surface area contributed by atoms with Crippen LogP contribution in [0.2, 0.25) is 5.02 Å². The molecule has 1 N–H and O–H groups in total. The van der Waals surface area contributed by atoms with E-state index in [1.54, 1.807) is 12.1 Å². The summed E-state index contributed by atoms with van der Waals surface area (Å²) in [5.41, 5.74) is 0.939. The van der Waals surface area contributed by atoms with Gasteiger partial charge in [0, 0.05) is 30.9 Å². The largest absolute Gasteiger partial charge is 0.366 e. The average molecular weight is 299 g/mol. The van der Waals surface area contributed by atoms with Crippen LogP contribution in [0.25, 0.3) is 0 Å². The molecule has 1 aliphatic rings. The number of hydrogen-bond acceptors (Lipinski definition) is 2. The Morgan fingerprint density at radius 3 is 2.80 bits per heavy atom. The first kappa shape index (κ1) is 15.6. The SMILES string of the molecule is CCC1CNC(CC(C)C)CN1c1ccc(Cl)c(F)c1. The van der Waals surface area contributed by atoms with Crippen LogP contribution in [0, 0.1) is 11.7 Å². The van der Waals surface area contributed by atoms with Gasteiger partial charge in [-0.25, -0.2) is 4.39 Å². The van der Waals surface area contributed by atoms with Gasteiger partial charge < -0.3 is 10.2 Å². The molecule has 1 aromatic carbocycles. The molecule has 0 saturated carbocycles. The summed E-state index contributed by atoms with van der Waals surface area (Å²) in [5, 5.41) is 3.81. The molecule has 0 aliphatic carbocycles. The maximum absolute atomic E-state index is 13.7. The van der Waals surface area contributed by atoms with Gasteiger partial charge in [-0.3, -0.25) is 0 Å². The van der Waals surface area contributed by atoms with E-state index in [4.69, 9.17) is 11.6 Å². The predicted octanol–water partition coefficient (Wildman–Crippen LogP) is 4.08. The molecule has 2 rings (SSSR count). The topological polar surface area (TPSA) is 15.3 Å². The normalized spacial score (nSPS) is 23.4. The summed E-state index contributed by atoms with van der Waals surface area (Å²) in [4.78, 5) is 2.32. The minimum absolute atomic E-state index is 0.190. The van der Waals surface area contributed by atoms with Crippen molar-refractivity contribution >= 4 is 17.3 Å². The summed E-state index contributed by atoms with van der Waals surface area (Å²) in [6.07, 6.45) is 2.19. The van der Waals surface area contributed by atoms with Gasteiger partial charge in [-0.05, 0) is 37.0 Å². The number of halogens is 2. The Kier molecular flexibility index (Phi) is 5.28. The molecule has 20 heavy (non-hydrogen) atoms. The van der Waals surface area contributed by atoms with E-state index in [0.717, 1.165) is 31.6 Å². The minimum atomic E-state index is -0.335. The molecular weight excluding hydrogens is 275 g/mol. The van der Waals surface area contributed by atoms with Gasteiger partial charge in [0.05, 0.1) is 5.02 Å². The van der Waals surface area contributed by atoms with Crippen molar-refractivity contribution in [1.82, 2.24) is 5.32 Å². The molecule has 112 valence electrons. The van der Waals surface area contributed by atoms with E-state index in [-0.39, 0.29) is 10.8 Å². The first-order valence-corrected chi connectivity index (χ1v) is 7.84. The van der Waals surface area contributed by atoms with E-state index < -0.39 is 0 Å². The number of anilines is 1. The third-order valence-electron chi connectivity index (χ3n) is 3.96. The zero-order valence-electron chi connectivity index (χ0n) is 12.5. The monoisotopic (exact) mass is 298 g/mol. The molecule has 1 aliphatic heterocycles. The Morgan fingerprint density at radius 1 is 1.45 bits per heavy atom. The highest BCUT2D eigenvalue weighted by atomic mass is 35.5. The Bertz CT molecular complexity index is 450. The molecule has 0 amide bonds. The molecule has 0 radical (unpaired) electrons. The van der Waals surface area contributed by atoms with Crippen molar-refractivity contribution in [1.29, 1.82) is 0 Å². The Morgan fingerprint density at radius 2 is 2.20 bits per heavy atom. The van der Waals surface area contributed by atoms with Crippen LogP contribution >= 0.6 is 11.6 Å². The van der Waals surface area contributed by atoms with Crippen LogP contribution in [0.1, 0.15) is 33.6 Å². The lowest BCUT2D eigenvalue weighted by Gasteiger charge is -2.42. The van der Waals surface area contributed by atoms with Gasteiger partial charge in [0.2, 0.25) is 0 Å². The van der Waals surface area contributed by atoms with Crippen LogP contribution in [0.15, 0.2) is 18.2 Å². The highest BCUT2D eigenvalue weighted by Crippen LogP contribution is 2.26. The number of piperazine rings is 1. The molecule has 0 aromatic heterocycles. The average Bonchev–Trinajstić information content (AvgIpc) is 2.41. The summed E-state index contributed by atoms with van der Waals surface area (Å²) >= 11 is 5.78. The first-order chi connectivity index (χ1) is 9.51. The number of rotatable bonds is 4. The van der Waals surface area contributed by atoms with Crippen LogP contribution < -0.4 is 10.2 Å². The summed E-state index contributed by atoms with van der Waals surface area (Å²) < 4.78 is 13.7. The lowest BCUT2D eigenvalue weighted by Crippen LogP contribution is -2.56. The van der Waals surface area contributed by atoms with Crippen molar-refractivity contribution in [3.8, 4) is 0 Å². The van der Waals surface area contributed by atoms with Crippen LogP contribution in [0.5, 0.6) is 0 Å². The summed E-state index contributed by atoms with van der Waals surface area (Å²) in [7, 11) is 0. The zero-order valence-corrected chi connectivity index (χ0v) is 13.3. The Balaban J connectivity index is 2.17. The first-order valence-electron chi connectivity index (χ1n) is 7.46. The van der Waals surface area contributed by atoms with Crippen molar-refractivity contribution in [3.05, 3.63) is 29.0 Å². The fourth-order valence-corrected chi connectivity index (χ4v) is 3.05.